The molecule has 1 saturated heterocycles. The number of rotatable bonds is 2. The Bertz CT molecular complexity index is 1280. The molecule has 7 rings (SSSR count). The van der Waals surface area contributed by atoms with Gasteiger partial charge in [0.2, 0.25) is 0 Å². The number of hydrogen-bond donors (Lipinski definition) is 1. The molecule has 0 unspecified atom stereocenters. The van der Waals surface area contributed by atoms with E-state index in [4.69, 9.17) is 9.47 Å². The molecule has 40 heavy (non-hydrogen) atoms. The second kappa shape index (κ2) is 9.72. The molecule has 212 valence electrons. The molecule has 8 atom stereocenters. The van der Waals surface area contributed by atoms with E-state index < -0.39 is 5.60 Å². The van der Waals surface area contributed by atoms with Gasteiger partial charge in [0.15, 0.2) is 5.79 Å². The molecule has 0 radical (unpaired) electrons. The van der Waals surface area contributed by atoms with Gasteiger partial charge in [-0.15, -0.1) is 0 Å². The summed E-state index contributed by atoms with van der Waals surface area (Å²) in [5.41, 5.74) is 3.16. The zero-order valence-electron chi connectivity index (χ0n) is 24.6. The first-order valence-corrected chi connectivity index (χ1v) is 15.9. The van der Waals surface area contributed by atoms with Crippen molar-refractivity contribution in [2.75, 3.05) is 13.2 Å². The highest BCUT2D eigenvalue weighted by atomic mass is 16.7. The molecule has 5 fully saturated rings. The number of fused-ring (bicyclic) bond motifs is 5. The van der Waals surface area contributed by atoms with E-state index in [0.29, 0.717) is 22.7 Å². The minimum Gasteiger partial charge on any atom is -0.378 e. The van der Waals surface area contributed by atoms with Crippen LogP contribution in [0.5, 0.6) is 0 Å². The Hall–Kier alpha value is -2.12. The van der Waals surface area contributed by atoms with E-state index in [1.165, 1.54) is 49.7 Å². The largest absolute Gasteiger partial charge is 0.378 e. The lowest BCUT2D eigenvalue weighted by Crippen LogP contribution is -2.57. The van der Waals surface area contributed by atoms with Crippen LogP contribution in [0.25, 0.3) is 11.1 Å². The molecule has 1 heterocycles. The van der Waals surface area contributed by atoms with Crippen molar-refractivity contribution in [2.24, 2.45) is 40.4 Å². The third-order valence-electron chi connectivity index (χ3n) is 12.7. The van der Waals surface area contributed by atoms with Gasteiger partial charge in [0.05, 0.1) is 13.2 Å². The summed E-state index contributed by atoms with van der Waals surface area (Å²) in [6.07, 6.45) is 10.4. The van der Waals surface area contributed by atoms with Crippen LogP contribution in [0.15, 0.2) is 54.6 Å². The summed E-state index contributed by atoms with van der Waals surface area (Å²) in [6, 6.07) is 18.9. The van der Waals surface area contributed by atoms with Crippen LogP contribution in [0.2, 0.25) is 0 Å². The molecule has 2 aromatic carbocycles. The van der Waals surface area contributed by atoms with Gasteiger partial charge in [-0.05, 0) is 122 Å². The lowest BCUT2D eigenvalue weighted by molar-refractivity contribution is -0.219. The molecular formula is C37H46O3. The lowest BCUT2D eigenvalue weighted by Gasteiger charge is -2.62. The van der Waals surface area contributed by atoms with Gasteiger partial charge in [0.25, 0.3) is 0 Å². The molecule has 0 spiro atoms. The number of aliphatic hydroxyl groups is 1. The highest BCUT2D eigenvalue weighted by Gasteiger charge is 2.64. The summed E-state index contributed by atoms with van der Waals surface area (Å²) in [6.45, 7) is 8.83. The molecule has 0 amide bonds. The Balaban J connectivity index is 1.05. The predicted octanol–water partition coefficient (Wildman–Crippen LogP) is 7.86. The van der Waals surface area contributed by atoms with E-state index in [1.54, 1.807) is 0 Å². The average Bonchev–Trinajstić information content (AvgIpc) is 3.57. The molecule has 3 heteroatoms. The summed E-state index contributed by atoms with van der Waals surface area (Å²) in [4.78, 5) is 0. The van der Waals surface area contributed by atoms with E-state index in [-0.39, 0.29) is 5.79 Å². The van der Waals surface area contributed by atoms with Crippen LogP contribution in [-0.2, 0) is 9.47 Å². The van der Waals surface area contributed by atoms with Crippen molar-refractivity contribution in [1.82, 2.24) is 0 Å². The van der Waals surface area contributed by atoms with Crippen molar-refractivity contribution in [3.8, 4) is 23.0 Å². The van der Waals surface area contributed by atoms with Gasteiger partial charge in [-0.1, -0.05) is 68.2 Å². The van der Waals surface area contributed by atoms with Crippen LogP contribution < -0.4 is 0 Å². The minimum absolute atomic E-state index is 0.317. The van der Waals surface area contributed by atoms with Gasteiger partial charge in [-0.2, -0.15) is 0 Å². The third-order valence-corrected chi connectivity index (χ3v) is 12.7. The maximum absolute atomic E-state index is 11.7. The van der Waals surface area contributed by atoms with Crippen LogP contribution in [0.3, 0.4) is 0 Å². The quantitative estimate of drug-likeness (QED) is 0.396. The summed E-state index contributed by atoms with van der Waals surface area (Å²) in [5, 5.41) is 11.7. The average molecular weight is 539 g/mol. The summed E-state index contributed by atoms with van der Waals surface area (Å²) in [7, 11) is 0. The van der Waals surface area contributed by atoms with Crippen LogP contribution in [0, 0.1) is 52.3 Å². The molecule has 3 nitrogen and oxygen atoms in total. The zero-order valence-corrected chi connectivity index (χ0v) is 24.6. The normalized spacial score (nSPS) is 41.8. The molecule has 0 aromatic heterocycles. The Labute approximate surface area is 241 Å². The zero-order chi connectivity index (χ0) is 27.6. The smallest absolute Gasteiger partial charge is 0.169 e. The van der Waals surface area contributed by atoms with E-state index in [2.05, 4.69) is 81.1 Å². The lowest BCUT2D eigenvalue weighted by atomic mass is 9.43. The molecule has 1 aliphatic heterocycles. The number of benzene rings is 2. The first-order valence-electron chi connectivity index (χ1n) is 15.9. The second-order valence-electron chi connectivity index (χ2n) is 14.5. The first-order chi connectivity index (χ1) is 19.2. The standard InChI is InChI=1S/C37H46O3/c1-34-21-22-37(38,20-17-26-9-11-28(12-10-26)27-7-5-4-6-8-27)25-29(34)13-14-30-31-15-16-33(36(3)39-23-24-40-36)35(31,2)19-18-32(30)34/h4-12,29-33,38H,13-16,18-19,21-25H2,1-3H3/t29-,30+,31+,32+,33+,34+,35+,37-/m1/s1. The summed E-state index contributed by atoms with van der Waals surface area (Å²) in [5.74, 6) is 9.72. The van der Waals surface area contributed by atoms with Crippen molar-refractivity contribution in [3.05, 3.63) is 60.2 Å². The van der Waals surface area contributed by atoms with Crippen LogP contribution in [0.4, 0.5) is 0 Å². The van der Waals surface area contributed by atoms with Gasteiger partial charge >= 0.3 is 0 Å². The van der Waals surface area contributed by atoms with E-state index in [1.807, 2.05) is 6.07 Å². The van der Waals surface area contributed by atoms with Crippen LogP contribution >= 0.6 is 0 Å². The fraction of sp³-hybridized carbons (Fsp3) is 0.622. The highest BCUT2D eigenvalue weighted by Crippen LogP contribution is 2.69. The van der Waals surface area contributed by atoms with Crippen LogP contribution in [-0.4, -0.2) is 29.7 Å². The van der Waals surface area contributed by atoms with Crippen molar-refractivity contribution in [2.45, 2.75) is 89.9 Å². The van der Waals surface area contributed by atoms with Crippen molar-refractivity contribution >= 4 is 0 Å². The Kier molecular flexibility index (Phi) is 6.50. The van der Waals surface area contributed by atoms with Gasteiger partial charge in [-0.25, -0.2) is 0 Å². The Morgan fingerprint density at radius 1 is 0.725 bits per heavy atom. The van der Waals surface area contributed by atoms with Gasteiger partial charge in [0, 0.05) is 11.5 Å². The molecule has 1 N–H and O–H groups in total. The van der Waals surface area contributed by atoms with Crippen LogP contribution in [0.1, 0.15) is 84.1 Å². The van der Waals surface area contributed by atoms with E-state index in [9.17, 15) is 5.11 Å². The number of ether oxygens (including phenoxy) is 2. The van der Waals surface area contributed by atoms with Gasteiger partial charge in [0.1, 0.15) is 5.60 Å². The SMILES string of the molecule is CC1([C@H]2CC[C@H]3[C@@H]4CC[C@@H]5C[C@@](O)(C#Cc6ccc(-c7ccccc7)cc6)CC[C@]5(C)[C@H]4CC[C@]23C)OCCO1. The Morgan fingerprint density at radius 3 is 2.17 bits per heavy atom. The van der Waals surface area contributed by atoms with Crippen molar-refractivity contribution in [1.29, 1.82) is 0 Å². The predicted molar refractivity (Wildman–Crippen MR) is 159 cm³/mol. The molecule has 0 bridgehead atoms. The molecule has 4 aliphatic carbocycles. The van der Waals surface area contributed by atoms with E-state index in [0.717, 1.165) is 55.8 Å². The molecule has 5 aliphatic rings. The molecule has 2 aromatic rings. The second-order valence-corrected chi connectivity index (χ2v) is 14.5. The van der Waals surface area contributed by atoms with E-state index >= 15 is 0 Å². The summed E-state index contributed by atoms with van der Waals surface area (Å²) >= 11 is 0. The highest BCUT2D eigenvalue weighted by molar-refractivity contribution is 5.64. The van der Waals surface area contributed by atoms with Gasteiger partial charge < -0.3 is 14.6 Å². The first kappa shape index (κ1) is 26.8. The maximum atomic E-state index is 11.7. The fourth-order valence-electron chi connectivity index (χ4n) is 10.5. The maximum Gasteiger partial charge on any atom is 0.169 e. The van der Waals surface area contributed by atoms with Gasteiger partial charge in [-0.3, -0.25) is 0 Å². The summed E-state index contributed by atoms with van der Waals surface area (Å²) < 4.78 is 12.4. The Morgan fingerprint density at radius 2 is 1.43 bits per heavy atom. The third kappa shape index (κ3) is 4.29. The van der Waals surface area contributed by atoms with Crippen molar-refractivity contribution < 1.29 is 14.6 Å². The van der Waals surface area contributed by atoms with Crippen molar-refractivity contribution in [3.63, 3.8) is 0 Å². The minimum atomic E-state index is -0.873. The monoisotopic (exact) mass is 538 g/mol. The number of hydrogen-bond acceptors (Lipinski definition) is 3. The molecular weight excluding hydrogens is 492 g/mol. The molecule has 4 saturated carbocycles. The fourth-order valence-corrected chi connectivity index (χ4v) is 10.5. The topological polar surface area (TPSA) is 38.7 Å².